The van der Waals surface area contributed by atoms with Crippen molar-refractivity contribution < 1.29 is 4.74 Å². The molecule has 0 spiro atoms. The van der Waals surface area contributed by atoms with Crippen molar-refractivity contribution in [2.24, 2.45) is 12.8 Å². The average molecular weight is 264 g/mol. The quantitative estimate of drug-likeness (QED) is 0.725. The van der Waals surface area contributed by atoms with Crippen molar-refractivity contribution in [3.8, 4) is 18.2 Å². The molecule has 0 aliphatic carbocycles. The van der Waals surface area contributed by atoms with E-state index in [1.54, 1.807) is 11.8 Å². The molecule has 2 atom stereocenters. The Kier molecular flexibility index (Phi) is 5.87. The molecule has 0 amide bonds. The molecule has 1 heterocycles. The summed E-state index contributed by atoms with van der Waals surface area (Å²) in [6.45, 7) is 4.51. The van der Waals surface area contributed by atoms with E-state index >= 15 is 0 Å². The fourth-order valence-electron chi connectivity index (χ4n) is 2.31. The molecule has 0 aliphatic rings. The highest BCUT2D eigenvalue weighted by Gasteiger charge is 2.23. The van der Waals surface area contributed by atoms with Gasteiger partial charge in [-0.1, -0.05) is 19.3 Å². The van der Waals surface area contributed by atoms with Crippen molar-refractivity contribution in [1.82, 2.24) is 15.1 Å². The highest BCUT2D eigenvalue weighted by molar-refractivity contribution is 5.35. The zero-order valence-electron chi connectivity index (χ0n) is 12.2. The van der Waals surface area contributed by atoms with E-state index in [0.717, 1.165) is 30.0 Å². The van der Waals surface area contributed by atoms with Gasteiger partial charge in [-0.25, -0.2) is 4.68 Å². The fourth-order valence-corrected chi connectivity index (χ4v) is 2.31. The lowest BCUT2D eigenvalue weighted by atomic mass is 10.0. The molecule has 1 aromatic rings. The van der Waals surface area contributed by atoms with Gasteiger partial charge in [0.15, 0.2) is 0 Å². The predicted molar refractivity (Wildman–Crippen MR) is 77.0 cm³/mol. The molecule has 19 heavy (non-hydrogen) atoms. The topological polar surface area (TPSA) is 65.1 Å². The maximum Gasteiger partial charge on any atom is 0.216 e. The number of terminal acetylenes is 1. The lowest BCUT2D eigenvalue weighted by Crippen LogP contribution is -2.36. The molecule has 0 bridgehead atoms. The largest absolute Gasteiger partial charge is 0.481 e. The number of rotatable bonds is 7. The number of aromatic nitrogens is 2. The van der Waals surface area contributed by atoms with Gasteiger partial charge in [-0.2, -0.15) is 5.10 Å². The van der Waals surface area contributed by atoms with Crippen molar-refractivity contribution in [3.63, 3.8) is 0 Å². The highest BCUT2D eigenvalue weighted by atomic mass is 16.5. The highest BCUT2D eigenvalue weighted by Crippen LogP contribution is 2.27. The van der Waals surface area contributed by atoms with Gasteiger partial charge < -0.3 is 10.5 Å². The maximum absolute atomic E-state index is 5.88. The summed E-state index contributed by atoms with van der Waals surface area (Å²) in [4.78, 5) is 0. The molecule has 0 fully saturated rings. The van der Waals surface area contributed by atoms with Gasteiger partial charge in [0.25, 0.3) is 0 Å². The lowest BCUT2D eigenvalue weighted by molar-refractivity contribution is 0.360. The second-order valence-corrected chi connectivity index (χ2v) is 4.59. The molecule has 2 unspecified atom stereocenters. The van der Waals surface area contributed by atoms with Gasteiger partial charge in [-0.15, -0.1) is 6.42 Å². The standard InChI is InChI=1S/C14H24N4O/c1-6-8-11(7-2)16-12(9-15)13-10(3)17-18(4)14(13)19-5/h2,11-12,16H,6,8-9,15H2,1,3-5H3. The molecule has 0 radical (unpaired) electrons. The van der Waals surface area contributed by atoms with Gasteiger partial charge in [0.05, 0.1) is 30.5 Å². The first-order chi connectivity index (χ1) is 9.08. The van der Waals surface area contributed by atoms with E-state index in [-0.39, 0.29) is 12.1 Å². The predicted octanol–water partition coefficient (Wildman–Crippen LogP) is 1.13. The van der Waals surface area contributed by atoms with Crippen molar-refractivity contribution in [3.05, 3.63) is 11.3 Å². The Morgan fingerprint density at radius 2 is 2.26 bits per heavy atom. The van der Waals surface area contributed by atoms with E-state index in [1.165, 1.54) is 0 Å². The van der Waals surface area contributed by atoms with Crippen molar-refractivity contribution in [2.75, 3.05) is 13.7 Å². The molecule has 1 aromatic heterocycles. The summed E-state index contributed by atoms with van der Waals surface area (Å²) in [7, 11) is 3.49. The van der Waals surface area contributed by atoms with Crippen LogP contribution in [0.5, 0.6) is 5.88 Å². The van der Waals surface area contributed by atoms with Crippen LogP contribution in [-0.4, -0.2) is 29.5 Å². The Bertz CT molecular complexity index is 447. The van der Waals surface area contributed by atoms with Crippen LogP contribution in [0.25, 0.3) is 0 Å². The van der Waals surface area contributed by atoms with Crippen molar-refractivity contribution in [2.45, 2.75) is 38.8 Å². The second kappa shape index (κ2) is 7.17. The normalized spacial score (nSPS) is 13.9. The third-order valence-electron chi connectivity index (χ3n) is 3.17. The van der Waals surface area contributed by atoms with Gasteiger partial charge in [-0.05, 0) is 13.3 Å². The SMILES string of the molecule is C#CC(CCC)NC(CN)c1c(C)nn(C)c1OC. The number of nitrogens with one attached hydrogen (secondary N) is 1. The number of hydrogen-bond donors (Lipinski definition) is 2. The third kappa shape index (κ3) is 3.49. The van der Waals surface area contributed by atoms with Crippen LogP contribution in [0.4, 0.5) is 0 Å². The first-order valence-corrected chi connectivity index (χ1v) is 6.58. The lowest BCUT2D eigenvalue weighted by Gasteiger charge is -2.22. The Morgan fingerprint density at radius 3 is 2.74 bits per heavy atom. The third-order valence-corrected chi connectivity index (χ3v) is 3.17. The minimum Gasteiger partial charge on any atom is -0.481 e. The zero-order chi connectivity index (χ0) is 14.4. The first-order valence-electron chi connectivity index (χ1n) is 6.58. The minimum absolute atomic E-state index is 0.0165. The summed E-state index contributed by atoms with van der Waals surface area (Å²) < 4.78 is 7.13. The van der Waals surface area contributed by atoms with Crippen LogP contribution in [0.1, 0.15) is 37.1 Å². The van der Waals surface area contributed by atoms with Gasteiger partial charge in [-0.3, -0.25) is 5.32 Å². The van der Waals surface area contributed by atoms with E-state index in [9.17, 15) is 0 Å². The first kappa shape index (κ1) is 15.5. The van der Waals surface area contributed by atoms with Crippen LogP contribution in [-0.2, 0) is 7.05 Å². The molecular formula is C14H24N4O. The van der Waals surface area contributed by atoms with E-state index in [1.807, 2.05) is 14.0 Å². The molecule has 5 nitrogen and oxygen atoms in total. The smallest absolute Gasteiger partial charge is 0.216 e. The maximum atomic E-state index is 5.88. The number of ether oxygens (including phenoxy) is 1. The van der Waals surface area contributed by atoms with Crippen LogP contribution in [0, 0.1) is 19.3 Å². The van der Waals surface area contributed by atoms with Gasteiger partial charge in [0, 0.05) is 13.6 Å². The van der Waals surface area contributed by atoms with Crippen LogP contribution in [0.2, 0.25) is 0 Å². The van der Waals surface area contributed by atoms with Crippen molar-refractivity contribution >= 4 is 0 Å². The number of hydrogen-bond acceptors (Lipinski definition) is 4. The van der Waals surface area contributed by atoms with Gasteiger partial charge in [0.1, 0.15) is 0 Å². The van der Waals surface area contributed by atoms with Crippen LogP contribution < -0.4 is 15.8 Å². The number of nitrogens with zero attached hydrogens (tertiary/aromatic N) is 2. The van der Waals surface area contributed by atoms with E-state index < -0.39 is 0 Å². The van der Waals surface area contributed by atoms with Crippen LogP contribution >= 0.6 is 0 Å². The summed E-state index contributed by atoms with van der Waals surface area (Å²) in [6, 6.07) is -0.0286. The summed E-state index contributed by atoms with van der Waals surface area (Å²) in [5.41, 5.74) is 7.78. The molecule has 0 aromatic carbocycles. The minimum atomic E-state index is -0.0451. The van der Waals surface area contributed by atoms with Crippen molar-refractivity contribution in [1.29, 1.82) is 0 Å². The Hall–Kier alpha value is -1.51. The number of methoxy groups -OCH3 is 1. The Balaban J connectivity index is 3.00. The fraction of sp³-hybridized carbons (Fsp3) is 0.643. The molecule has 5 heteroatoms. The summed E-state index contributed by atoms with van der Waals surface area (Å²) in [5.74, 6) is 3.50. The van der Waals surface area contributed by atoms with Gasteiger partial charge in [0.2, 0.25) is 5.88 Å². The molecule has 0 saturated heterocycles. The van der Waals surface area contributed by atoms with E-state index in [0.29, 0.717) is 6.54 Å². The number of aryl methyl sites for hydroxylation is 2. The summed E-state index contributed by atoms with van der Waals surface area (Å²) in [5, 5.41) is 7.78. The molecule has 3 N–H and O–H groups in total. The Labute approximate surface area is 115 Å². The number of nitrogens with two attached hydrogens (primary N) is 1. The molecular weight excluding hydrogens is 240 g/mol. The van der Waals surface area contributed by atoms with E-state index in [2.05, 4.69) is 23.3 Å². The van der Waals surface area contributed by atoms with Crippen LogP contribution in [0.15, 0.2) is 0 Å². The van der Waals surface area contributed by atoms with E-state index in [4.69, 9.17) is 16.9 Å². The monoisotopic (exact) mass is 264 g/mol. The van der Waals surface area contributed by atoms with Crippen LogP contribution in [0.3, 0.4) is 0 Å². The zero-order valence-corrected chi connectivity index (χ0v) is 12.2. The molecule has 0 aliphatic heterocycles. The summed E-state index contributed by atoms with van der Waals surface area (Å²) in [6.07, 6.45) is 7.50. The average Bonchev–Trinajstić information content (AvgIpc) is 2.68. The molecule has 106 valence electrons. The molecule has 1 rings (SSSR count). The second-order valence-electron chi connectivity index (χ2n) is 4.59. The Morgan fingerprint density at radius 1 is 1.58 bits per heavy atom. The van der Waals surface area contributed by atoms with Gasteiger partial charge >= 0.3 is 0 Å². The summed E-state index contributed by atoms with van der Waals surface area (Å²) >= 11 is 0. The molecule has 0 saturated carbocycles.